The molecule has 2 heterocycles. The van der Waals surface area contributed by atoms with Gasteiger partial charge in [-0.3, -0.25) is 10.1 Å². The molecule has 0 bridgehead atoms. The van der Waals surface area contributed by atoms with Crippen LogP contribution in [0.25, 0.3) is 0 Å². The first-order valence-electron chi connectivity index (χ1n) is 7.58. The van der Waals surface area contributed by atoms with Crippen molar-refractivity contribution in [3.05, 3.63) is 35.9 Å². The SMILES string of the molecule is CN1CCOC(CN2CNC(Cc3ccccc3)C2=O)C1. The molecule has 2 atom stereocenters. The van der Waals surface area contributed by atoms with Crippen LogP contribution in [0.2, 0.25) is 0 Å². The van der Waals surface area contributed by atoms with Crippen LogP contribution < -0.4 is 5.32 Å². The number of likely N-dealkylation sites (N-methyl/N-ethyl adjacent to an activating group) is 1. The Kier molecular flexibility index (Phi) is 4.53. The third-order valence-electron chi connectivity index (χ3n) is 4.19. The topological polar surface area (TPSA) is 44.8 Å². The number of ether oxygens (including phenoxy) is 1. The molecule has 0 spiro atoms. The zero-order valence-electron chi connectivity index (χ0n) is 12.5. The fourth-order valence-electron chi connectivity index (χ4n) is 2.99. The van der Waals surface area contributed by atoms with Gasteiger partial charge in [-0.05, 0) is 19.0 Å². The van der Waals surface area contributed by atoms with Crippen molar-refractivity contribution in [2.45, 2.75) is 18.6 Å². The van der Waals surface area contributed by atoms with Gasteiger partial charge in [0.05, 0.1) is 25.4 Å². The summed E-state index contributed by atoms with van der Waals surface area (Å²) in [5, 5.41) is 3.31. The number of amides is 1. The molecule has 2 fully saturated rings. The molecule has 2 aliphatic heterocycles. The van der Waals surface area contributed by atoms with Gasteiger partial charge in [0.15, 0.2) is 0 Å². The summed E-state index contributed by atoms with van der Waals surface area (Å²) in [5.41, 5.74) is 1.19. The first-order chi connectivity index (χ1) is 10.2. The zero-order chi connectivity index (χ0) is 14.7. The fourth-order valence-corrected chi connectivity index (χ4v) is 2.99. The molecule has 2 aliphatic rings. The van der Waals surface area contributed by atoms with Crippen molar-refractivity contribution in [3.63, 3.8) is 0 Å². The summed E-state index contributed by atoms with van der Waals surface area (Å²) in [6.45, 7) is 3.93. The molecule has 0 aliphatic carbocycles. The predicted molar refractivity (Wildman–Crippen MR) is 80.9 cm³/mol. The highest BCUT2D eigenvalue weighted by Crippen LogP contribution is 2.13. The van der Waals surface area contributed by atoms with E-state index in [0.29, 0.717) is 13.2 Å². The van der Waals surface area contributed by atoms with Gasteiger partial charge >= 0.3 is 0 Å². The maximum Gasteiger partial charge on any atom is 0.241 e. The van der Waals surface area contributed by atoms with Gasteiger partial charge in [0.2, 0.25) is 5.91 Å². The third-order valence-corrected chi connectivity index (χ3v) is 4.19. The molecule has 3 rings (SSSR count). The van der Waals surface area contributed by atoms with E-state index in [0.717, 1.165) is 26.1 Å². The molecule has 2 unspecified atom stereocenters. The molecule has 1 N–H and O–H groups in total. The number of nitrogens with zero attached hydrogens (tertiary/aromatic N) is 2. The lowest BCUT2D eigenvalue weighted by Gasteiger charge is -2.32. The maximum absolute atomic E-state index is 12.5. The van der Waals surface area contributed by atoms with Crippen LogP contribution in [0.4, 0.5) is 0 Å². The van der Waals surface area contributed by atoms with Gasteiger partial charge < -0.3 is 14.5 Å². The lowest BCUT2D eigenvalue weighted by atomic mass is 10.1. The van der Waals surface area contributed by atoms with Gasteiger partial charge in [0.25, 0.3) is 0 Å². The van der Waals surface area contributed by atoms with E-state index in [-0.39, 0.29) is 18.1 Å². The lowest BCUT2D eigenvalue weighted by molar-refractivity contribution is -0.131. The minimum absolute atomic E-state index is 0.103. The molecule has 2 saturated heterocycles. The van der Waals surface area contributed by atoms with Crippen LogP contribution in [0, 0.1) is 0 Å². The summed E-state index contributed by atoms with van der Waals surface area (Å²) >= 11 is 0. The van der Waals surface area contributed by atoms with E-state index in [2.05, 4.69) is 29.4 Å². The number of hydrogen-bond acceptors (Lipinski definition) is 4. The smallest absolute Gasteiger partial charge is 0.241 e. The van der Waals surface area contributed by atoms with Crippen LogP contribution in [0.1, 0.15) is 5.56 Å². The minimum Gasteiger partial charge on any atom is -0.374 e. The lowest BCUT2D eigenvalue weighted by Crippen LogP contribution is -2.47. The van der Waals surface area contributed by atoms with Crippen molar-refractivity contribution >= 4 is 5.91 Å². The first-order valence-corrected chi connectivity index (χ1v) is 7.58. The molecule has 5 nitrogen and oxygen atoms in total. The van der Waals surface area contributed by atoms with E-state index >= 15 is 0 Å². The van der Waals surface area contributed by atoms with Gasteiger partial charge in [0, 0.05) is 19.6 Å². The van der Waals surface area contributed by atoms with Gasteiger partial charge in [-0.15, -0.1) is 0 Å². The Morgan fingerprint density at radius 2 is 2.14 bits per heavy atom. The highest BCUT2D eigenvalue weighted by atomic mass is 16.5. The Hall–Kier alpha value is -1.43. The zero-order valence-corrected chi connectivity index (χ0v) is 12.5. The van der Waals surface area contributed by atoms with E-state index in [9.17, 15) is 4.79 Å². The largest absolute Gasteiger partial charge is 0.374 e. The normalized spacial score (nSPS) is 27.3. The number of benzene rings is 1. The summed E-state index contributed by atoms with van der Waals surface area (Å²) in [6.07, 6.45) is 0.881. The number of nitrogens with one attached hydrogen (secondary N) is 1. The van der Waals surface area contributed by atoms with Crippen molar-refractivity contribution in [1.29, 1.82) is 0 Å². The van der Waals surface area contributed by atoms with Gasteiger partial charge in [0.1, 0.15) is 0 Å². The Bertz CT molecular complexity index is 480. The second kappa shape index (κ2) is 6.56. The number of hydrogen-bond donors (Lipinski definition) is 1. The third kappa shape index (κ3) is 3.61. The molecule has 0 radical (unpaired) electrons. The summed E-state index contributed by atoms with van der Waals surface area (Å²) in [5.74, 6) is 0.190. The Morgan fingerprint density at radius 3 is 2.90 bits per heavy atom. The molecule has 0 saturated carbocycles. The van der Waals surface area contributed by atoms with Gasteiger partial charge in [-0.25, -0.2) is 0 Å². The maximum atomic E-state index is 12.5. The van der Waals surface area contributed by atoms with Crippen molar-refractivity contribution < 1.29 is 9.53 Å². The summed E-state index contributed by atoms with van der Waals surface area (Å²) in [6, 6.07) is 10.1. The van der Waals surface area contributed by atoms with E-state index in [1.165, 1.54) is 5.56 Å². The Balaban J connectivity index is 1.54. The predicted octanol–water partition coefficient (Wildman–Crippen LogP) is 0.318. The van der Waals surface area contributed by atoms with Crippen LogP contribution >= 0.6 is 0 Å². The standard InChI is InChI=1S/C16H23N3O2/c1-18-7-8-21-14(10-18)11-19-12-17-15(16(19)20)9-13-5-3-2-4-6-13/h2-6,14-15,17H,7-12H2,1H3. The van der Waals surface area contributed by atoms with E-state index in [1.807, 2.05) is 23.1 Å². The molecule has 5 heteroatoms. The van der Waals surface area contributed by atoms with E-state index < -0.39 is 0 Å². The highest BCUT2D eigenvalue weighted by molar-refractivity contribution is 5.84. The molecule has 0 aromatic heterocycles. The molecule has 1 aromatic carbocycles. The first kappa shape index (κ1) is 14.5. The van der Waals surface area contributed by atoms with Crippen LogP contribution in [-0.4, -0.2) is 67.8 Å². The van der Waals surface area contributed by atoms with Gasteiger partial charge in [-0.2, -0.15) is 0 Å². The quantitative estimate of drug-likeness (QED) is 0.867. The van der Waals surface area contributed by atoms with Crippen molar-refractivity contribution in [3.8, 4) is 0 Å². The fraction of sp³-hybridized carbons (Fsp3) is 0.562. The molecular formula is C16H23N3O2. The van der Waals surface area contributed by atoms with Crippen LogP contribution in [0.5, 0.6) is 0 Å². The molecule has 21 heavy (non-hydrogen) atoms. The highest BCUT2D eigenvalue weighted by Gasteiger charge is 2.33. The Morgan fingerprint density at radius 1 is 1.33 bits per heavy atom. The van der Waals surface area contributed by atoms with E-state index in [4.69, 9.17) is 4.74 Å². The number of carbonyl (C=O) groups excluding carboxylic acids is 1. The summed E-state index contributed by atoms with van der Waals surface area (Å²) in [7, 11) is 2.10. The Labute approximate surface area is 125 Å². The number of rotatable bonds is 4. The van der Waals surface area contributed by atoms with Gasteiger partial charge in [-0.1, -0.05) is 30.3 Å². The van der Waals surface area contributed by atoms with Crippen LogP contribution in [0.15, 0.2) is 30.3 Å². The minimum atomic E-state index is -0.103. The molecule has 1 amide bonds. The monoisotopic (exact) mass is 289 g/mol. The van der Waals surface area contributed by atoms with Crippen molar-refractivity contribution in [1.82, 2.24) is 15.1 Å². The molecule has 114 valence electrons. The summed E-state index contributed by atoms with van der Waals surface area (Å²) in [4.78, 5) is 16.6. The summed E-state index contributed by atoms with van der Waals surface area (Å²) < 4.78 is 5.75. The number of morpholine rings is 1. The second-order valence-corrected chi connectivity index (χ2v) is 5.92. The molecule has 1 aromatic rings. The second-order valence-electron chi connectivity index (χ2n) is 5.92. The number of carbonyl (C=O) groups is 1. The molecular weight excluding hydrogens is 266 g/mol. The average molecular weight is 289 g/mol. The van der Waals surface area contributed by atoms with Crippen LogP contribution in [-0.2, 0) is 16.0 Å². The average Bonchev–Trinajstić information content (AvgIpc) is 2.82. The van der Waals surface area contributed by atoms with E-state index in [1.54, 1.807) is 0 Å². The van der Waals surface area contributed by atoms with Crippen molar-refractivity contribution in [2.75, 3.05) is 40.0 Å². The van der Waals surface area contributed by atoms with Crippen molar-refractivity contribution in [2.24, 2.45) is 0 Å². The van der Waals surface area contributed by atoms with Crippen LogP contribution in [0.3, 0.4) is 0 Å².